The molecule has 0 aromatic carbocycles. The van der Waals surface area contributed by atoms with E-state index in [9.17, 15) is 9.59 Å². The number of nitrogens with one attached hydrogen (secondary N) is 1. The van der Waals surface area contributed by atoms with Gasteiger partial charge in [-0.2, -0.15) is 11.8 Å². The van der Waals surface area contributed by atoms with E-state index in [0.29, 0.717) is 17.7 Å². The largest absolute Gasteiger partial charge is 0.346 e. The maximum absolute atomic E-state index is 12.9. The summed E-state index contributed by atoms with van der Waals surface area (Å²) in [7, 11) is 0. The van der Waals surface area contributed by atoms with Gasteiger partial charge in [-0.1, -0.05) is 0 Å². The van der Waals surface area contributed by atoms with Crippen LogP contribution >= 0.6 is 23.1 Å². The summed E-state index contributed by atoms with van der Waals surface area (Å²) in [5.74, 6) is 2.56. The molecule has 4 saturated heterocycles. The van der Waals surface area contributed by atoms with Crippen molar-refractivity contribution in [3.05, 3.63) is 28.9 Å². The van der Waals surface area contributed by atoms with Crippen molar-refractivity contribution in [2.75, 3.05) is 37.7 Å². The number of piperidine rings is 3. The molecule has 4 fully saturated rings. The van der Waals surface area contributed by atoms with E-state index in [4.69, 9.17) is 0 Å². The Bertz CT molecular complexity index is 930. The molecule has 2 bridgehead atoms. The van der Waals surface area contributed by atoms with Gasteiger partial charge in [0.2, 0.25) is 0 Å². The van der Waals surface area contributed by atoms with E-state index in [1.165, 1.54) is 11.3 Å². The van der Waals surface area contributed by atoms with Gasteiger partial charge in [0.05, 0.1) is 4.88 Å². The average molecular weight is 431 g/mol. The molecule has 2 aromatic rings. The first-order chi connectivity index (χ1) is 14.1. The highest BCUT2D eigenvalue weighted by Gasteiger charge is 2.40. The van der Waals surface area contributed by atoms with Crippen molar-refractivity contribution >= 4 is 45.0 Å². The Labute approximate surface area is 179 Å². The van der Waals surface area contributed by atoms with Crippen molar-refractivity contribution in [2.24, 2.45) is 5.92 Å². The number of pyridine rings is 1. The molecule has 6 rings (SSSR count). The van der Waals surface area contributed by atoms with Crippen LogP contribution in [0.15, 0.2) is 18.3 Å². The summed E-state index contributed by atoms with van der Waals surface area (Å²) in [6.07, 6.45) is 4.05. The molecule has 29 heavy (non-hydrogen) atoms. The molecule has 0 aliphatic carbocycles. The summed E-state index contributed by atoms with van der Waals surface area (Å²) >= 11 is 3.36. The lowest BCUT2D eigenvalue weighted by Gasteiger charge is -2.49. The van der Waals surface area contributed by atoms with E-state index in [1.54, 1.807) is 6.20 Å². The molecule has 2 amide bonds. The number of hydrogen-bond acceptors (Lipinski definition) is 6. The van der Waals surface area contributed by atoms with Crippen molar-refractivity contribution in [2.45, 2.75) is 31.8 Å². The molecule has 0 saturated carbocycles. The lowest BCUT2D eigenvalue weighted by atomic mass is 9.79. The van der Waals surface area contributed by atoms with Crippen LogP contribution in [0.1, 0.15) is 39.9 Å². The molecule has 0 radical (unpaired) electrons. The number of carbonyl (C=O) groups excluding carboxylic acids is 2. The standard InChI is InChI=1S/C21H26N4O2S2/c1-13-19(14-2-4-24(13)5-3-14)23-20(26)16-11-17-15(12-22-16)10-18(29-17)21(27)25-6-8-28-9-7-25/h10-14,19H,2-9H2,1H3,(H,23,26)/t13-,19-/m0/s1. The SMILES string of the molecule is C[C@H]1[C@H](NC(=O)c2cc3sc(C(=O)N4CCSCC4)cc3cn2)C2CCN1CC2. The molecule has 0 unspecified atom stereocenters. The molecule has 4 aliphatic rings. The fraction of sp³-hybridized carbons (Fsp3) is 0.571. The van der Waals surface area contributed by atoms with Gasteiger partial charge in [-0.25, -0.2) is 0 Å². The summed E-state index contributed by atoms with van der Waals surface area (Å²) < 4.78 is 0.946. The fourth-order valence-corrected chi connectivity index (χ4v) is 6.80. The Balaban J connectivity index is 1.33. The van der Waals surface area contributed by atoms with Crippen LogP contribution in [0.5, 0.6) is 0 Å². The number of nitrogens with zero attached hydrogens (tertiary/aromatic N) is 3. The minimum Gasteiger partial charge on any atom is -0.346 e. The molecule has 2 atom stereocenters. The predicted octanol–water partition coefficient (Wildman–Crippen LogP) is 2.70. The van der Waals surface area contributed by atoms with Crippen LogP contribution in [0.3, 0.4) is 0 Å². The minimum absolute atomic E-state index is 0.0959. The van der Waals surface area contributed by atoms with Crippen LogP contribution in [-0.2, 0) is 0 Å². The number of thioether (sulfide) groups is 1. The van der Waals surface area contributed by atoms with Gasteiger partial charge in [0.25, 0.3) is 11.8 Å². The Kier molecular flexibility index (Phi) is 5.26. The third-order valence-corrected chi connectivity index (χ3v) is 8.65. The van der Waals surface area contributed by atoms with Crippen LogP contribution < -0.4 is 5.32 Å². The quantitative estimate of drug-likeness (QED) is 0.811. The molecular formula is C21H26N4O2S2. The second kappa shape index (κ2) is 7.89. The van der Waals surface area contributed by atoms with Crippen LogP contribution in [0, 0.1) is 5.92 Å². The fourth-order valence-electron chi connectivity index (χ4n) is 4.86. The van der Waals surface area contributed by atoms with Gasteiger partial charge in [0.15, 0.2) is 0 Å². The van der Waals surface area contributed by atoms with Gasteiger partial charge in [-0.3, -0.25) is 19.5 Å². The Morgan fingerprint density at radius 3 is 2.62 bits per heavy atom. The number of aromatic nitrogens is 1. The van der Waals surface area contributed by atoms with Crippen LogP contribution in [0.4, 0.5) is 0 Å². The summed E-state index contributed by atoms with van der Waals surface area (Å²) in [5.41, 5.74) is 0.441. The molecule has 8 heteroatoms. The lowest BCUT2D eigenvalue weighted by molar-refractivity contribution is 0.0216. The molecule has 1 N–H and O–H groups in total. The van der Waals surface area contributed by atoms with Crippen molar-refractivity contribution < 1.29 is 9.59 Å². The zero-order chi connectivity index (χ0) is 20.0. The van der Waals surface area contributed by atoms with E-state index < -0.39 is 0 Å². The van der Waals surface area contributed by atoms with E-state index >= 15 is 0 Å². The van der Waals surface area contributed by atoms with Gasteiger partial charge in [-0.05, 0) is 50.9 Å². The third kappa shape index (κ3) is 3.66. The topological polar surface area (TPSA) is 65.5 Å². The zero-order valence-corrected chi connectivity index (χ0v) is 18.2. The normalized spacial score (nSPS) is 29.2. The van der Waals surface area contributed by atoms with Crippen molar-refractivity contribution in [1.82, 2.24) is 20.1 Å². The average Bonchev–Trinajstić information content (AvgIpc) is 3.20. The van der Waals surface area contributed by atoms with Crippen LogP contribution in [-0.4, -0.2) is 76.4 Å². The number of amides is 2. The first-order valence-electron chi connectivity index (χ1n) is 10.4. The Morgan fingerprint density at radius 1 is 1.14 bits per heavy atom. The van der Waals surface area contributed by atoms with Gasteiger partial charge in [0, 0.05) is 53.0 Å². The molecular weight excluding hydrogens is 404 g/mol. The molecule has 6 nitrogen and oxygen atoms in total. The first kappa shape index (κ1) is 19.3. The first-order valence-corrected chi connectivity index (χ1v) is 12.4. The number of hydrogen-bond donors (Lipinski definition) is 1. The third-order valence-electron chi connectivity index (χ3n) is 6.62. The van der Waals surface area contributed by atoms with Crippen molar-refractivity contribution in [3.8, 4) is 0 Å². The van der Waals surface area contributed by atoms with E-state index in [0.717, 1.165) is 65.5 Å². The molecule has 0 spiro atoms. The van der Waals surface area contributed by atoms with E-state index in [2.05, 4.69) is 22.1 Å². The maximum atomic E-state index is 12.9. The van der Waals surface area contributed by atoms with Crippen molar-refractivity contribution in [3.63, 3.8) is 0 Å². The second-order valence-electron chi connectivity index (χ2n) is 8.24. The summed E-state index contributed by atoms with van der Waals surface area (Å²) in [6.45, 7) is 6.11. The highest BCUT2D eigenvalue weighted by atomic mass is 32.2. The van der Waals surface area contributed by atoms with Crippen LogP contribution in [0.25, 0.3) is 10.1 Å². The van der Waals surface area contributed by atoms with Gasteiger partial charge in [0.1, 0.15) is 5.69 Å². The van der Waals surface area contributed by atoms with Gasteiger partial charge in [-0.15, -0.1) is 11.3 Å². The highest BCUT2D eigenvalue weighted by molar-refractivity contribution is 7.99. The smallest absolute Gasteiger partial charge is 0.270 e. The van der Waals surface area contributed by atoms with E-state index in [1.807, 2.05) is 28.8 Å². The second-order valence-corrected chi connectivity index (χ2v) is 10.5. The van der Waals surface area contributed by atoms with Crippen LogP contribution in [0.2, 0.25) is 0 Å². The molecule has 6 heterocycles. The molecule has 154 valence electrons. The predicted molar refractivity (Wildman–Crippen MR) is 118 cm³/mol. The highest BCUT2D eigenvalue weighted by Crippen LogP contribution is 2.32. The maximum Gasteiger partial charge on any atom is 0.270 e. The molecule has 4 aliphatic heterocycles. The Morgan fingerprint density at radius 2 is 1.90 bits per heavy atom. The summed E-state index contributed by atoms with van der Waals surface area (Å²) in [5, 5.41) is 4.17. The number of thiophene rings is 1. The minimum atomic E-state index is -0.105. The summed E-state index contributed by atoms with van der Waals surface area (Å²) in [6, 6.07) is 4.32. The molecule has 2 aromatic heterocycles. The zero-order valence-electron chi connectivity index (χ0n) is 16.6. The Hall–Kier alpha value is -1.64. The van der Waals surface area contributed by atoms with Gasteiger partial charge < -0.3 is 10.2 Å². The number of rotatable bonds is 3. The number of carbonyl (C=O) groups is 2. The monoisotopic (exact) mass is 430 g/mol. The summed E-state index contributed by atoms with van der Waals surface area (Å²) in [4.78, 5) is 35.2. The van der Waals surface area contributed by atoms with Crippen molar-refractivity contribution in [1.29, 1.82) is 0 Å². The lowest BCUT2D eigenvalue weighted by Crippen LogP contribution is -2.62. The van der Waals surface area contributed by atoms with E-state index in [-0.39, 0.29) is 17.9 Å². The number of fused-ring (bicyclic) bond motifs is 4. The van der Waals surface area contributed by atoms with Gasteiger partial charge >= 0.3 is 0 Å².